The number of allylic oxidation sites excluding steroid dienone is 2. The van der Waals surface area contributed by atoms with E-state index < -0.39 is 11.8 Å². The van der Waals surface area contributed by atoms with Gasteiger partial charge in [0, 0.05) is 5.92 Å². The van der Waals surface area contributed by atoms with Gasteiger partial charge in [0.25, 0.3) is 5.91 Å². The Kier molecular flexibility index (Phi) is 4.79. The van der Waals surface area contributed by atoms with Crippen molar-refractivity contribution in [1.82, 2.24) is 4.98 Å². The van der Waals surface area contributed by atoms with Gasteiger partial charge in [0.1, 0.15) is 5.78 Å². The first-order valence-electron chi connectivity index (χ1n) is 10.6. The van der Waals surface area contributed by atoms with Gasteiger partial charge in [0.05, 0.1) is 16.1 Å². The first kappa shape index (κ1) is 18.9. The Morgan fingerprint density at radius 2 is 1.83 bits per heavy atom. The van der Waals surface area contributed by atoms with Crippen molar-refractivity contribution >= 4 is 38.4 Å². The van der Waals surface area contributed by atoms with E-state index in [0.29, 0.717) is 16.1 Å². The maximum Gasteiger partial charge on any atom is 0.257 e. The number of rotatable bonds is 4. The fourth-order valence-electron chi connectivity index (χ4n) is 5.66. The first-order valence-corrected chi connectivity index (χ1v) is 11.5. The molecule has 0 saturated heterocycles. The standard InChI is InChI=1S/C23H26N2O3S/c1-13(26)20-16-7-8-17(11-16)21(20)22(27)25(28)23-24-18-10-9-15(12-19(18)29-23)14-5-3-2-4-6-14/h7-10,12,14,16-17,20-21,28H,2-6,11H2,1H3/t16?,17?,20-,21+/m0/s1. The summed E-state index contributed by atoms with van der Waals surface area (Å²) in [4.78, 5) is 29.7. The van der Waals surface area contributed by atoms with Crippen molar-refractivity contribution in [3.63, 3.8) is 0 Å². The number of nitrogens with zero attached hydrogens (tertiary/aromatic N) is 2. The number of benzene rings is 1. The highest BCUT2D eigenvalue weighted by Crippen LogP contribution is 2.49. The molecule has 0 aliphatic heterocycles. The number of amides is 1. The Morgan fingerprint density at radius 3 is 2.55 bits per heavy atom. The third-order valence-electron chi connectivity index (χ3n) is 7.08. The summed E-state index contributed by atoms with van der Waals surface area (Å²) in [7, 11) is 0. The topological polar surface area (TPSA) is 70.5 Å². The van der Waals surface area contributed by atoms with Crippen molar-refractivity contribution < 1.29 is 14.8 Å². The minimum absolute atomic E-state index is 0.0232. The third-order valence-corrected chi connectivity index (χ3v) is 8.08. The maximum atomic E-state index is 13.1. The average Bonchev–Trinajstić information content (AvgIpc) is 3.46. The number of hydrogen-bond donors (Lipinski definition) is 1. The molecule has 2 fully saturated rings. The molecule has 0 spiro atoms. The van der Waals surface area contributed by atoms with Gasteiger partial charge in [-0.1, -0.05) is 48.8 Å². The van der Waals surface area contributed by atoms with Crippen molar-refractivity contribution in [3.05, 3.63) is 35.9 Å². The molecular weight excluding hydrogens is 384 g/mol. The number of thiazole rings is 1. The SMILES string of the molecule is CC(=O)[C@H]1C2C=CC(C2)[C@H]1C(=O)N(O)c1nc2ccc(C3CCCCC3)cc2s1. The number of aromatic nitrogens is 1. The second-order valence-electron chi connectivity index (χ2n) is 8.82. The van der Waals surface area contributed by atoms with Crippen LogP contribution in [-0.2, 0) is 9.59 Å². The molecule has 1 N–H and O–H groups in total. The highest BCUT2D eigenvalue weighted by atomic mass is 32.1. The molecule has 3 aliphatic carbocycles. The van der Waals surface area contributed by atoms with Gasteiger partial charge in [-0.25, -0.2) is 4.98 Å². The zero-order chi connectivity index (χ0) is 20.1. The number of carbonyl (C=O) groups is 2. The van der Waals surface area contributed by atoms with Gasteiger partial charge < -0.3 is 0 Å². The highest BCUT2D eigenvalue weighted by molar-refractivity contribution is 7.22. The van der Waals surface area contributed by atoms with Crippen LogP contribution in [0, 0.1) is 23.7 Å². The lowest BCUT2D eigenvalue weighted by atomic mass is 9.80. The van der Waals surface area contributed by atoms with Crippen LogP contribution in [0.15, 0.2) is 30.4 Å². The quantitative estimate of drug-likeness (QED) is 0.433. The Balaban J connectivity index is 1.40. The normalized spacial score (nSPS) is 28.9. The largest absolute Gasteiger partial charge is 0.300 e. The summed E-state index contributed by atoms with van der Waals surface area (Å²) in [5.74, 6) is -0.459. The van der Waals surface area contributed by atoms with Gasteiger partial charge in [-0.15, -0.1) is 0 Å². The summed E-state index contributed by atoms with van der Waals surface area (Å²) in [6, 6.07) is 6.30. The van der Waals surface area contributed by atoms with Gasteiger partial charge in [0.15, 0.2) is 0 Å². The number of ketones is 1. The number of carbonyl (C=O) groups excluding carboxylic acids is 2. The summed E-state index contributed by atoms with van der Waals surface area (Å²) in [6.45, 7) is 1.55. The van der Waals surface area contributed by atoms with Crippen LogP contribution >= 0.6 is 11.3 Å². The van der Waals surface area contributed by atoms with Crippen LogP contribution in [0.4, 0.5) is 5.13 Å². The van der Waals surface area contributed by atoms with Crippen LogP contribution in [-0.4, -0.2) is 21.9 Å². The van der Waals surface area contributed by atoms with E-state index in [2.05, 4.69) is 17.1 Å². The monoisotopic (exact) mass is 410 g/mol. The second-order valence-corrected chi connectivity index (χ2v) is 9.83. The first-order chi connectivity index (χ1) is 14.0. The van der Waals surface area contributed by atoms with Crippen LogP contribution < -0.4 is 5.06 Å². The molecule has 2 bridgehead atoms. The zero-order valence-electron chi connectivity index (χ0n) is 16.6. The van der Waals surface area contributed by atoms with Gasteiger partial charge in [0.2, 0.25) is 5.13 Å². The average molecular weight is 411 g/mol. The van der Waals surface area contributed by atoms with Crippen LogP contribution in [0.2, 0.25) is 0 Å². The molecular formula is C23H26N2O3S. The van der Waals surface area contributed by atoms with Crippen molar-refractivity contribution in [2.45, 2.75) is 51.4 Å². The van der Waals surface area contributed by atoms with Crippen LogP contribution in [0.1, 0.15) is 56.9 Å². The number of fused-ring (bicyclic) bond motifs is 3. The Bertz CT molecular complexity index is 991. The molecule has 2 aromatic rings. The minimum Gasteiger partial charge on any atom is -0.300 e. The molecule has 1 heterocycles. The minimum atomic E-state index is -0.489. The number of Topliss-reactive ketones (excluding diaryl/α,β-unsaturated/α-hetero) is 1. The highest BCUT2D eigenvalue weighted by Gasteiger charge is 2.51. The fraction of sp³-hybridized carbons (Fsp3) is 0.522. The zero-order valence-corrected chi connectivity index (χ0v) is 17.4. The predicted molar refractivity (Wildman–Crippen MR) is 113 cm³/mol. The molecule has 2 saturated carbocycles. The molecule has 4 atom stereocenters. The Morgan fingerprint density at radius 1 is 1.10 bits per heavy atom. The van der Waals surface area contributed by atoms with Gasteiger partial charge >= 0.3 is 0 Å². The van der Waals surface area contributed by atoms with Crippen molar-refractivity contribution in [2.75, 3.05) is 5.06 Å². The van der Waals surface area contributed by atoms with Gasteiger partial charge in [-0.05, 0) is 61.6 Å². The maximum absolute atomic E-state index is 13.1. The number of anilines is 1. The second kappa shape index (κ2) is 7.33. The summed E-state index contributed by atoms with van der Waals surface area (Å²) in [5.41, 5.74) is 2.13. The molecule has 29 heavy (non-hydrogen) atoms. The van der Waals surface area contributed by atoms with Crippen LogP contribution in [0.3, 0.4) is 0 Å². The van der Waals surface area contributed by atoms with E-state index in [4.69, 9.17) is 0 Å². The summed E-state index contributed by atoms with van der Waals surface area (Å²) in [5, 5.41) is 11.7. The molecule has 3 aliphatic rings. The van der Waals surface area contributed by atoms with Crippen molar-refractivity contribution in [2.24, 2.45) is 23.7 Å². The number of hydroxylamine groups is 1. The van der Waals surface area contributed by atoms with E-state index in [-0.39, 0.29) is 23.5 Å². The molecule has 2 unspecified atom stereocenters. The van der Waals surface area contributed by atoms with E-state index in [1.54, 1.807) is 6.92 Å². The summed E-state index contributed by atoms with van der Waals surface area (Å²) < 4.78 is 0.992. The summed E-state index contributed by atoms with van der Waals surface area (Å²) in [6.07, 6.45) is 11.2. The molecule has 5 nitrogen and oxygen atoms in total. The molecule has 0 radical (unpaired) electrons. The van der Waals surface area contributed by atoms with E-state index >= 15 is 0 Å². The van der Waals surface area contributed by atoms with Gasteiger partial charge in [-0.2, -0.15) is 5.06 Å². The smallest absolute Gasteiger partial charge is 0.257 e. The fourth-order valence-corrected chi connectivity index (χ4v) is 6.59. The Labute approximate surface area is 174 Å². The van der Waals surface area contributed by atoms with E-state index in [9.17, 15) is 14.8 Å². The van der Waals surface area contributed by atoms with E-state index in [0.717, 1.165) is 16.6 Å². The third kappa shape index (κ3) is 3.22. The summed E-state index contributed by atoms with van der Waals surface area (Å²) >= 11 is 1.34. The van der Waals surface area contributed by atoms with E-state index in [1.165, 1.54) is 49.0 Å². The predicted octanol–water partition coefficient (Wildman–Crippen LogP) is 5.09. The lowest BCUT2D eigenvalue weighted by Gasteiger charge is -2.27. The van der Waals surface area contributed by atoms with E-state index in [1.807, 2.05) is 18.2 Å². The van der Waals surface area contributed by atoms with Crippen LogP contribution in [0.5, 0.6) is 0 Å². The Hall–Kier alpha value is -2.05. The molecule has 5 rings (SSSR count). The lowest BCUT2D eigenvalue weighted by molar-refractivity contribution is -0.134. The molecule has 1 amide bonds. The van der Waals surface area contributed by atoms with Crippen LogP contribution in [0.25, 0.3) is 10.2 Å². The van der Waals surface area contributed by atoms with Crippen molar-refractivity contribution in [3.8, 4) is 0 Å². The van der Waals surface area contributed by atoms with Gasteiger partial charge in [-0.3, -0.25) is 14.8 Å². The molecule has 6 heteroatoms. The van der Waals surface area contributed by atoms with Crippen molar-refractivity contribution in [1.29, 1.82) is 0 Å². The number of hydrogen-bond acceptors (Lipinski definition) is 5. The lowest BCUT2D eigenvalue weighted by Crippen LogP contribution is -2.41. The molecule has 152 valence electrons. The molecule has 1 aromatic carbocycles. The molecule has 1 aromatic heterocycles.